The summed E-state index contributed by atoms with van der Waals surface area (Å²) in [6.45, 7) is 0. The summed E-state index contributed by atoms with van der Waals surface area (Å²) in [5.41, 5.74) is 7.02. The zero-order valence-corrected chi connectivity index (χ0v) is 13.9. The molecule has 0 radical (unpaired) electrons. The molecule has 0 spiro atoms. The lowest BCUT2D eigenvalue weighted by Gasteiger charge is -2.10. The standard InChI is InChI=1S/C13H8Br2F2N2S/c14-8-3-6(1-2-7(8)13(18)20)19-12-4-9(15)10(16)5-11(12)17/h1-5,19H,(H2,18,20). The Morgan fingerprint density at radius 1 is 1.05 bits per heavy atom. The lowest BCUT2D eigenvalue weighted by atomic mass is 10.2. The molecule has 0 saturated carbocycles. The van der Waals surface area contributed by atoms with Crippen molar-refractivity contribution in [2.45, 2.75) is 0 Å². The van der Waals surface area contributed by atoms with Gasteiger partial charge in [0.15, 0.2) is 0 Å². The molecule has 0 aliphatic carbocycles. The van der Waals surface area contributed by atoms with Crippen molar-refractivity contribution in [2.75, 3.05) is 5.32 Å². The predicted molar refractivity (Wildman–Crippen MR) is 87.4 cm³/mol. The Labute approximate surface area is 136 Å². The number of benzene rings is 2. The maximum atomic E-state index is 13.6. The fourth-order valence-electron chi connectivity index (χ4n) is 1.57. The fourth-order valence-corrected chi connectivity index (χ4v) is 2.81. The second-order valence-corrected chi connectivity index (χ2v) is 6.08. The number of nitrogens with one attached hydrogen (secondary N) is 1. The molecular weight excluding hydrogens is 414 g/mol. The molecule has 2 aromatic rings. The van der Waals surface area contributed by atoms with Crippen molar-refractivity contribution in [1.29, 1.82) is 0 Å². The van der Waals surface area contributed by atoms with Crippen molar-refractivity contribution < 1.29 is 8.78 Å². The highest BCUT2D eigenvalue weighted by atomic mass is 79.9. The molecule has 0 unspecified atom stereocenters. The second kappa shape index (κ2) is 6.15. The van der Waals surface area contributed by atoms with Gasteiger partial charge in [0, 0.05) is 21.8 Å². The number of thiocarbonyl (C=S) groups is 1. The van der Waals surface area contributed by atoms with Gasteiger partial charge in [-0.2, -0.15) is 0 Å². The minimum atomic E-state index is -0.680. The summed E-state index contributed by atoms with van der Waals surface area (Å²) in [6, 6.07) is 7.28. The average molecular weight is 422 g/mol. The molecule has 0 aliphatic heterocycles. The molecule has 7 heteroatoms. The van der Waals surface area contributed by atoms with Crippen molar-refractivity contribution in [3.05, 3.63) is 56.5 Å². The third-order valence-corrected chi connectivity index (χ3v) is 4.01. The highest BCUT2D eigenvalue weighted by Crippen LogP contribution is 2.28. The van der Waals surface area contributed by atoms with E-state index in [0.29, 0.717) is 15.7 Å². The second-order valence-electron chi connectivity index (χ2n) is 3.93. The Bertz CT molecular complexity index is 692. The number of hydrogen-bond acceptors (Lipinski definition) is 2. The fraction of sp³-hybridized carbons (Fsp3) is 0. The number of nitrogens with two attached hydrogens (primary N) is 1. The lowest BCUT2D eigenvalue weighted by Crippen LogP contribution is -2.10. The van der Waals surface area contributed by atoms with Gasteiger partial charge in [0.05, 0.1) is 10.2 Å². The van der Waals surface area contributed by atoms with Gasteiger partial charge in [-0.1, -0.05) is 12.2 Å². The van der Waals surface area contributed by atoms with Crippen molar-refractivity contribution >= 4 is 60.4 Å². The lowest BCUT2D eigenvalue weighted by molar-refractivity contribution is 0.581. The van der Waals surface area contributed by atoms with Crippen LogP contribution in [0.2, 0.25) is 0 Å². The summed E-state index contributed by atoms with van der Waals surface area (Å²) in [6.07, 6.45) is 0. The molecule has 0 bridgehead atoms. The van der Waals surface area contributed by atoms with E-state index in [1.54, 1.807) is 18.2 Å². The van der Waals surface area contributed by atoms with E-state index in [1.807, 2.05) is 0 Å². The van der Waals surface area contributed by atoms with Crippen molar-refractivity contribution in [3.63, 3.8) is 0 Å². The van der Waals surface area contributed by atoms with Gasteiger partial charge in [-0.05, 0) is 56.1 Å². The normalized spacial score (nSPS) is 10.4. The maximum Gasteiger partial charge on any atom is 0.149 e. The Morgan fingerprint density at radius 3 is 2.35 bits per heavy atom. The monoisotopic (exact) mass is 420 g/mol. The quantitative estimate of drug-likeness (QED) is 0.548. The molecule has 3 N–H and O–H groups in total. The first kappa shape index (κ1) is 15.3. The van der Waals surface area contributed by atoms with Crippen molar-refractivity contribution in [2.24, 2.45) is 5.73 Å². The van der Waals surface area contributed by atoms with Crippen LogP contribution in [0.3, 0.4) is 0 Å². The first-order valence-electron chi connectivity index (χ1n) is 5.39. The van der Waals surface area contributed by atoms with Gasteiger partial charge in [-0.3, -0.25) is 0 Å². The number of hydrogen-bond donors (Lipinski definition) is 2. The van der Waals surface area contributed by atoms with Gasteiger partial charge in [0.1, 0.15) is 16.6 Å². The van der Waals surface area contributed by atoms with Crippen LogP contribution in [0.15, 0.2) is 39.3 Å². The number of anilines is 2. The maximum absolute atomic E-state index is 13.6. The molecule has 2 rings (SSSR count). The van der Waals surface area contributed by atoms with E-state index in [4.69, 9.17) is 18.0 Å². The average Bonchev–Trinajstić information content (AvgIpc) is 2.35. The minimum Gasteiger partial charge on any atom is -0.389 e. The highest BCUT2D eigenvalue weighted by Gasteiger charge is 2.10. The van der Waals surface area contributed by atoms with Crippen LogP contribution in [0.1, 0.15) is 5.56 Å². The van der Waals surface area contributed by atoms with Crippen LogP contribution in [-0.2, 0) is 0 Å². The van der Waals surface area contributed by atoms with Crippen LogP contribution in [0.25, 0.3) is 0 Å². The Balaban J connectivity index is 2.33. The molecular formula is C13H8Br2F2N2S. The smallest absolute Gasteiger partial charge is 0.149 e. The van der Waals surface area contributed by atoms with Gasteiger partial charge < -0.3 is 11.1 Å². The first-order valence-corrected chi connectivity index (χ1v) is 7.39. The van der Waals surface area contributed by atoms with Crippen LogP contribution in [-0.4, -0.2) is 4.99 Å². The van der Waals surface area contributed by atoms with E-state index >= 15 is 0 Å². The molecule has 0 heterocycles. The molecule has 2 nitrogen and oxygen atoms in total. The van der Waals surface area contributed by atoms with E-state index in [-0.39, 0.29) is 15.1 Å². The SMILES string of the molecule is NC(=S)c1ccc(Nc2cc(Br)c(F)cc2F)cc1Br. The predicted octanol–water partition coefficient (Wildman–Crippen LogP) is 4.87. The summed E-state index contributed by atoms with van der Waals surface area (Å²) in [4.78, 5) is 0.263. The van der Waals surface area contributed by atoms with E-state index in [2.05, 4.69) is 37.2 Å². The van der Waals surface area contributed by atoms with Gasteiger partial charge in [-0.15, -0.1) is 0 Å². The van der Waals surface area contributed by atoms with Gasteiger partial charge in [-0.25, -0.2) is 8.78 Å². The van der Waals surface area contributed by atoms with Crippen LogP contribution in [0.4, 0.5) is 20.2 Å². The molecule has 104 valence electrons. The summed E-state index contributed by atoms with van der Waals surface area (Å²) >= 11 is 11.2. The molecule has 0 fully saturated rings. The van der Waals surface area contributed by atoms with Gasteiger partial charge >= 0.3 is 0 Å². The molecule has 2 aromatic carbocycles. The summed E-state index contributed by atoms with van der Waals surface area (Å²) in [5.74, 6) is -1.33. The van der Waals surface area contributed by atoms with Crippen molar-refractivity contribution in [1.82, 2.24) is 0 Å². The van der Waals surface area contributed by atoms with Crippen LogP contribution in [0, 0.1) is 11.6 Å². The highest BCUT2D eigenvalue weighted by molar-refractivity contribution is 9.10. The Morgan fingerprint density at radius 2 is 1.75 bits per heavy atom. The third-order valence-electron chi connectivity index (χ3n) is 2.52. The van der Waals surface area contributed by atoms with E-state index in [9.17, 15) is 8.78 Å². The summed E-state index contributed by atoms with van der Waals surface area (Å²) in [7, 11) is 0. The zero-order chi connectivity index (χ0) is 14.9. The van der Waals surface area contributed by atoms with Gasteiger partial charge in [0.2, 0.25) is 0 Å². The molecule has 0 atom stereocenters. The van der Waals surface area contributed by atoms with Crippen molar-refractivity contribution in [3.8, 4) is 0 Å². The molecule has 20 heavy (non-hydrogen) atoms. The Kier molecular flexibility index (Phi) is 4.72. The molecule has 0 aliphatic rings. The molecule has 0 aromatic heterocycles. The van der Waals surface area contributed by atoms with Crippen LogP contribution < -0.4 is 11.1 Å². The molecule has 0 saturated heterocycles. The van der Waals surface area contributed by atoms with Crippen LogP contribution in [0.5, 0.6) is 0 Å². The first-order chi connectivity index (χ1) is 9.38. The molecule has 0 amide bonds. The topological polar surface area (TPSA) is 38.0 Å². The minimum absolute atomic E-state index is 0.160. The van der Waals surface area contributed by atoms with E-state index < -0.39 is 11.6 Å². The Hall–Kier alpha value is -1.05. The largest absolute Gasteiger partial charge is 0.389 e. The van der Waals surface area contributed by atoms with E-state index in [0.717, 1.165) is 6.07 Å². The number of halogens is 4. The van der Waals surface area contributed by atoms with Crippen LogP contribution >= 0.6 is 44.1 Å². The summed E-state index contributed by atoms with van der Waals surface area (Å²) < 4.78 is 27.7. The zero-order valence-electron chi connectivity index (χ0n) is 9.88. The van der Waals surface area contributed by atoms with Gasteiger partial charge in [0.25, 0.3) is 0 Å². The van der Waals surface area contributed by atoms with E-state index in [1.165, 1.54) is 6.07 Å². The summed E-state index contributed by atoms with van der Waals surface area (Å²) in [5, 5.41) is 2.86. The third kappa shape index (κ3) is 3.34. The number of rotatable bonds is 3.